The average Bonchev–Trinajstić information content (AvgIpc) is 1.50. The van der Waals surface area contributed by atoms with E-state index in [-0.39, 0.29) is 48.6 Å². The predicted molar refractivity (Wildman–Crippen MR) is 340 cm³/mol. The Morgan fingerprint density at radius 2 is 1.14 bits per heavy atom. The first-order valence-corrected chi connectivity index (χ1v) is 41.3. The van der Waals surface area contributed by atoms with Crippen LogP contribution in [0.2, 0.25) is 54.4 Å². The predicted octanol–water partition coefficient (Wildman–Crippen LogP) is 13.3. The fourth-order valence-electron chi connectivity index (χ4n) is 18.5. The number of benzene rings is 2. The van der Waals surface area contributed by atoms with E-state index in [0.29, 0.717) is 35.1 Å². The summed E-state index contributed by atoms with van der Waals surface area (Å²) in [6, 6.07) is 23.3. The van der Waals surface area contributed by atoms with Crippen LogP contribution in [-0.2, 0) is 56.0 Å². The maximum absolute atomic E-state index is 14.8. The molecular formula is C68H108O16Si3. The molecule has 1 N–H and O–H groups in total. The van der Waals surface area contributed by atoms with Crippen LogP contribution in [0.5, 0.6) is 5.75 Å². The van der Waals surface area contributed by atoms with Crippen LogP contribution in [0.1, 0.15) is 156 Å². The highest BCUT2D eigenvalue weighted by molar-refractivity contribution is 6.74. The lowest BCUT2D eigenvalue weighted by Gasteiger charge is -2.61. The molecule has 0 aromatic heterocycles. The summed E-state index contributed by atoms with van der Waals surface area (Å²) >= 11 is 0. The minimum absolute atomic E-state index is 0.00356. The van der Waals surface area contributed by atoms with Gasteiger partial charge in [-0.1, -0.05) is 101 Å². The molecule has 2 saturated heterocycles. The second-order valence-corrected chi connectivity index (χ2v) is 41.7. The Morgan fingerprint density at radius 1 is 0.609 bits per heavy atom. The van der Waals surface area contributed by atoms with Gasteiger partial charge in [-0.15, -0.1) is 0 Å². The topological polar surface area (TPSA) is 182 Å². The van der Waals surface area contributed by atoms with Crippen molar-refractivity contribution in [3.05, 3.63) is 65.7 Å². The summed E-state index contributed by atoms with van der Waals surface area (Å²) in [6.45, 7) is 27.7. The van der Waals surface area contributed by atoms with Crippen LogP contribution in [0.25, 0.3) is 0 Å². The third kappa shape index (κ3) is 12.4. The molecule has 87 heavy (non-hydrogen) atoms. The van der Waals surface area contributed by atoms with Crippen molar-refractivity contribution in [2.24, 2.45) is 45.8 Å². The Balaban J connectivity index is 1.13. The smallest absolute Gasteiger partial charge is 0.338 e. The fourth-order valence-corrected chi connectivity index (χ4v) is 27.0. The second-order valence-electron chi connectivity index (χ2n) is 27.5. The average molecular weight is 1270 g/mol. The Morgan fingerprint density at radius 3 is 1.68 bits per heavy atom. The van der Waals surface area contributed by atoms with Crippen molar-refractivity contribution < 1.29 is 75.4 Å². The number of hydrogen-bond donors (Lipinski definition) is 1. The van der Waals surface area contributed by atoms with E-state index in [1.807, 2.05) is 32.2 Å². The first-order chi connectivity index (χ1) is 41.6. The second kappa shape index (κ2) is 27.6. The molecule has 16 nitrogen and oxygen atoms in total. The van der Waals surface area contributed by atoms with E-state index in [4.69, 9.17) is 55.9 Å². The first kappa shape index (κ1) is 68.3. The molecule has 7 fully saturated rings. The minimum Gasteiger partial charge on any atom is -0.497 e. The molecule has 0 amide bonds. The zero-order valence-electron chi connectivity index (χ0n) is 55.4. The molecule has 2 heterocycles. The molecule has 19 atom stereocenters. The van der Waals surface area contributed by atoms with Gasteiger partial charge in [0.2, 0.25) is 0 Å². The number of carbonyl (C=O) groups excluding carboxylic acids is 3. The van der Waals surface area contributed by atoms with E-state index in [1.54, 1.807) is 43.5 Å². The number of hydrogen-bond acceptors (Lipinski definition) is 16. The summed E-state index contributed by atoms with van der Waals surface area (Å²) in [7, 11) is -3.92. The zero-order valence-corrected chi connectivity index (χ0v) is 58.4. The minimum atomic E-state index is -2.52. The van der Waals surface area contributed by atoms with Crippen LogP contribution in [0.15, 0.2) is 54.6 Å². The summed E-state index contributed by atoms with van der Waals surface area (Å²) < 4.78 is 82.8. The molecular weight excluding hydrogens is 1160 g/mol. The number of rotatable bonds is 28. The van der Waals surface area contributed by atoms with Crippen molar-refractivity contribution in [2.75, 3.05) is 34.0 Å². The summed E-state index contributed by atoms with van der Waals surface area (Å²) in [5, 5.41) is 14.2. The summed E-state index contributed by atoms with van der Waals surface area (Å²) in [6.07, 6.45) is -2.41. The van der Waals surface area contributed by atoms with Crippen molar-refractivity contribution in [3.63, 3.8) is 0 Å². The molecule has 0 radical (unpaired) electrons. The van der Waals surface area contributed by atoms with E-state index in [0.717, 1.165) is 73.7 Å². The van der Waals surface area contributed by atoms with Gasteiger partial charge in [0, 0.05) is 30.8 Å². The van der Waals surface area contributed by atoms with Crippen LogP contribution >= 0.6 is 0 Å². The first-order valence-electron chi connectivity index (χ1n) is 33.7. The molecule has 2 aliphatic heterocycles. The van der Waals surface area contributed by atoms with Crippen molar-refractivity contribution in [1.29, 1.82) is 0 Å². The van der Waals surface area contributed by atoms with Gasteiger partial charge in [-0.25, -0.2) is 9.59 Å². The molecule has 2 aromatic carbocycles. The largest absolute Gasteiger partial charge is 0.497 e. The highest BCUT2D eigenvalue weighted by Gasteiger charge is 2.79. The summed E-state index contributed by atoms with van der Waals surface area (Å²) in [5.74, 6) is -0.352. The monoisotopic (exact) mass is 1260 g/mol. The normalized spacial score (nSPS) is 36.8. The van der Waals surface area contributed by atoms with Gasteiger partial charge >= 0.3 is 17.9 Å². The zero-order chi connectivity index (χ0) is 62.9. The molecule has 1 spiro atoms. The van der Waals surface area contributed by atoms with Gasteiger partial charge in [0.25, 0.3) is 0 Å². The lowest BCUT2D eigenvalue weighted by Crippen LogP contribution is -2.66. The van der Waals surface area contributed by atoms with Crippen molar-refractivity contribution in [3.8, 4) is 5.75 Å². The molecule has 0 bridgehead atoms. The molecule has 0 unspecified atom stereocenters. The van der Waals surface area contributed by atoms with E-state index in [2.05, 4.69) is 76.2 Å². The third-order valence-corrected chi connectivity index (χ3v) is 38.5. The number of ether oxygens (including phenoxy) is 9. The Kier molecular flexibility index (Phi) is 21.7. The standard InChI is InChI=1S/C68H108O16Si3/c1-16-85(17-2,18-3)82-53-42-76-63(79-56-39-52-50-38-55(74-15)67-40-48(67)34-36-65(67,12)51(50)35-37-66(52,13)68(56,72)44(10)41-75-61(70)46-28-26-25-27-29-46)59(78-45(11)69)57(53)81-64-60(80-62(71)47-30-32-49(73-14)33-31-47)58(84-87(22-7,23-8)24-9)54(43-77-64)83-86(19-4,20-5)21-6/h25-33,44,48,50-60,63-64,72H,16-24,34-43H2,1-15H3/t44-,48+,50-,51+,52+,53+,54-,55-,56+,57+,58+,59-,60-,63+,64+,65-,66+,67-,68-/m1/s1. The van der Waals surface area contributed by atoms with E-state index < -0.39 is 115 Å². The lowest BCUT2D eigenvalue weighted by atomic mass is 9.44. The van der Waals surface area contributed by atoms with Crippen LogP contribution in [0.3, 0.4) is 0 Å². The van der Waals surface area contributed by atoms with E-state index >= 15 is 0 Å². The number of aliphatic hydroxyl groups is 1. The number of fused-ring (bicyclic) bond motifs is 4. The van der Waals surface area contributed by atoms with Gasteiger partial charge in [-0.3, -0.25) is 4.79 Å². The van der Waals surface area contributed by atoms with Crippen LogP contribution in [-0.4, -0.2) is 149 Å². The SMILES string of the molecule is CC[Si](CC)(CC)O[C@@H]1[C@@H](OC(=O)c2ccc(OC)cc2)[C@H](O[C@@H]2[C@@H](OC(C)=O)[C@H](O[C@H]3C[C@H]4[C@@H]5C[C@@H](OC)[C@@]67C[C@@H]6CC[C@]7(C)[C@H]5CC[C@]4(C)[C@@]3(O)[C@H](C)COC(=O)c3ccccc3)OC[C@@H]2O[Si](CC)(CC)CC)OC[C@H]1O[Si](CC)(CC)CC. The van der Waals surface area contributed by atoms with Gasteiger partial charge in [-0.05, 0) is 165 Å². The highest BCUT2D eigenvalue weighted by Crippen LogP contribution is 2.82. The van der Waals surface area contributed by atoms with Crippen LogP contribution in [0.4, 0.5) is 0 Å². The van der Waals surface area contributed by atoms with Gasteiger partial charge in [-0.2, -0.15) is 0 Å². The summed E-state index contributed by atoms with van der Waals surface area (Å²) in [5.41, 5.74) is -1.26. The number of methoxy groups -OCH3 is 2. The number of esters is 3. The van der Waals surface area contributed by atoms with Crippen LogP contribution in [0, 0.1) is 45.8 Å². The van der Waals surface area contributed by atoms with E-state index in [1.165, 1.54) is 26.2 Å². The van der Waals surface area contributed by atoms with Crippen molar-refractivity contribution in [1.82, 2.24) is 0 Å². The maximum atomic E-state index is 14.8. The lowest BCUT2D eigenvalue weighted by molar-refractivity contribution is -0.343. The molecule has 2 aromatic rings. The van der Waals surface area contributed by atoms with Gasteiger partial charge in [0.05, 0.1) is 62.5 Å². The molecule has 5 saturated carbocycles. The van der Waals surface area contributed by atoms with Gasteiger partial charge < -0.3 is 61.0 Å². The van der Waals surface area contributed by atoms with Gasteiger partial charge in [0.15, 0.2) is 49.7 Å². The molecule has 7 aliphatic rings. The molecule has 5 aliphatic carbocycles. The third-order valence-electron chi connectivity index (χ3n) is 24.5. The Bertz CT molecular complexity index is 2600. The van der Waals surface area contributed by atoms with Gasteiger partial charge in [0.1, 0.15) is 23.6 Å². The highest BCUT2D eigenvalue weighted by atomic mass is 28.4. The maximum Gasteiger partial charge on any atom is 0.338 e. The van der Waals surface area contributed by atoms with Crippen molar-refractivity contribution in [2.45, 2.75) is 256 Å². The molecule has 488 valence electrons. The van der Waals surface area contributed by atoms with Crippen molar-refractivity contribution >= 4 is 42.9 Å². The summed E-state index contributed by atoms with van der Waals surface area (Å²) in [4.78, 5) is 42.5. The molecule has 19 heteroatoms. The Labute approximate surface area is 523 Å². The fraction of sp³-hybridized carbons (Fsp3) is 0.779. The number of carbonyl (C=O) groups is 3. The Hall–Kier alpha value is -3.06. The van der Waals surface area contributed by atoms with E-state index in [9.17, 15) is 19.5 Å². The molecule has 9 rings (SSSR count). The quantitative estimate of drug-likeness (QED) is 0.0482. The van der Waals surface area contributed by atoms with Crippen LogP contribution < -0.4 is 4.74 Å².